The van der Waals surface area contributed by atoms with Gasteiger partial charge in [-0.3, -0.25) is 0 Å². The van der Waals surface area contributed by atoms with Crippen molar-refractivity contribution in [1.82, 2.24) is 9.55 Å². The lowest BCUT2D eigenvalue weighted by atomic mass is 9.71. The van der Waals surface area contributed by atoms with Crippen molar-refractivity contribution in [3.05, 3.63) is 18.2 Å². The van der Waals surface area contributed by atoms with E-state index in [0.29, 0.717) is 5.41 Å². The Hall–Kier alpha value is -0.830. The Balaban J connectivity index is 1.94. The maximum absolute atomic E-state index is 5.99. The van der Waals surface area contributed by atoms with Gasteiger partial charge in [-0.1, -0.05) is 19.3 Å². The molecule has 2 N–H and O–H groups in total. The van der Waals surface area contributed by atoms with Crippen LogP contribution in [0.1, 0.15) is 44.3 Å². The van der Waals surface area contributed by atoms with Crippen LogP contribution in [0.5, 0.6) is 0 Å². The molecule has 0 bridgehead atoms. The smallest absolute Gasteiger partial charge is 0.108 e. The van der Waals surface area contributed by atoms with Gasteiger partial charge in [-0.25, -0.2) is 4.98 Å². The van der Waals surface area contributed by atoms with Gasteiger partial charge in [0.25, 0.3) is 0 Å². The molecule has 16 heavy (non-hydrogen) atoms. The molecular weight excluding hydrogens is 198 g/mol. The molecule has 3 heteroatoms. The zero-order valence-corrected chi connectivity index (χ0v) is 10.3. The van der Waals surface area contributed by atoms with Crippen LogP contribution >= 0.6 is 0 Å². The summed E-state index contributed by atoms with van der Waals surface area (Å²) in [7, 11) is 2.07. The summed E-state index contributed by atoms with van der Waals surface area (Å²) in [6, 6.07) is 0. The van der Waals surface area contributed by atoms with Gasteiger partial charge in [-0.2, -0.15) is 0 Å². The fourth-order valence-corrected chi connectivity index (χ4v) is 2.87. The summed E-state index contributed by atoms with van der Waals surface area (Å²) in [6.45, 7) is 0.845. The van der Waals surface area contributed by atoms with Crippen molar-refractivity contribution in [3.8, 4) is 0 Å². The summed E-state index contributed by atoms with van der Waals surface area (Å²) in [5, 5.41) is 0. The van der Waals surface area contributed by atoms with E-state index < -0.39 is 0 Å². The molecule has 0 saturated heterocycles. The monoisotopic (exact) mass is 221 g/mol. The van der Waals surface area contributed by atoms with Crippen molar-refractivity contribution in [3.63, 3.8) is 0 Å². The van der Waals surface area contributed by atoms with Crippen molar-refractivity contribution < 1.29 is 0 Å². The van der Waals surface area contributed by atoms with E-state index in [1.807, 2.05) is 12.4 Å². The van der Waals surface area contributed by atoms with Crippen molar-refractivity contribution >= 4 is 0 Å². The van der Waals surface area contributed by atoms with E-state index in [1.165, 1.54) is 44.3 Å². The first-order valence-electron chi connectivity index (χ1n) is 6.42. The predicted octanol–water partition coefficient (Wildman–Crippen LogP) is 2.26. The third-order valence-electron chi connectivity index (χ3n) is 4.15. The summed E-state index contributed by atoms with van der Waals surface area (Å²) in [5.74, 6) is 1.19. The zero-order valence-electron chi connectivity index (χ0n) is 10.3. The van der Waals surface area contributed by atoms with Crippen LogP contribution in [0.15, 0.2) is 12.4 Å². The Morgan fingerprint density at radius 2 is 2.12 bits per heavy atom. The number of nitrogens with zero attached hydrogens (tertiary/aromatic N) is 2. The van der Waals surface area contributed by atoms with E-state index in [0.717, 1.165) is 13.0 Å². The van der Waals surface area contributed by atoms with E-state index in [-0.39, 0.29) is 0 Å². The summed E-state index contributed by atoms with van der Waals surface area (Å²) in [6.07, 6.45) is 12.9. The molecule has 3 nitrogen and oxygen atoms in total. The highest BCUT2D eigenvalue weighted by Gasteiger charge is 2.30. The Kier molecular flexibility index (Phi) is 3.64. The molecule has 1 heterocycles. The van der Waals surface area contributed by atoms with Gasteiger partial charge in [-0.15, -0.1) is 0 Å². The van der Waals surface area contributed by atoms with E-state index in [4.69, 9.17) is 5.73 Å². The molecule has 0 radical (unpaired) electrons. The number of aryl methyl sites for hydroxylation is 2. The molecule has 1 aromatic rings. The summed E-state index contributed by atoms with van der Waals surface area (Å²) in [4.78, 5) is 4.39. The molecule has 2 rings (SSSR count). The Morgan fingerprint density at radius 3 is 2.69 bits per heavy atom. The van der Waals surface area contributed by atoms with Gasteiger partial charge < -0.3 is 10.3 Å². The SMILES string of the molecule is Cn1ccnc1CCC1(CN)CCCCC1. The molecule has 0 amide bonds. The van der Waals surface area contributed by atoms with E-state index in [1.54, 1.807) is 0 Å². The molecule has 0 atom stereocenters. The summed E-state index contributed by atoms with van der Waals surface area (Å²) < 4.78 is 2.12. The number of nitrogens with two attached hydrogens (primary N) is 1. The number of hydrogen-bond donors (Lipinski definition) is 1. The van der Waals surface area contributed by atoms with Crippen LogP contribution in [0.25, 0.3) is 0 Å². The number of hydrogen-bond acceptors (Lipinski definition) is 2. The third kappa shape index (κ3) is 2.46. The molecule has 1 saturated carbocycles. The molecular formula is C13H23N3. The van der Waals surface area contributed by atoms with Gasteiger partial charge in [0.15, 0.2) is 0 Å². The molecule has 1 aliphatic carbocycles. The number of aromatic nitrogens is 2. The van der Waals surface area contributed by atoms with Gasteiger partial charge in [0.05, 0.1) is 0 Å². The minimum atomic E-state index is 0.407. The topological polar surface area (TPSA) is 43.8 Å². The van der Waals surface area contributed by atoms with E-state index in [2.05, 4.69) is 16.6 Å². The normalized spacial score (nSPS) is 19.9. The van der Waals surface area contributed by atoms with Crippen LogP contribution in [0.3, 0.4) is 0 Å². The Bertz CT molecular complexity index is 324. The Morgan fingerprint density at radius 1 is 1.38 bits per heavy atom. The lowest BCUT2D eigenvalue weighted by Gasteiger charge is -2.36. The summed E-state index contributed by atoms with van der Waals surface area (Å²) in [5.41, 5.74) is 6.40. The van der Waals surface area contributed by atoms with Crippen LogP contribution in [-0.2, 0) is 13.5 Å². The van der Waals surface area contributed by atoms with Crippen LogP contribution in [-0.4, -0.2) is 16.1 Å². The maximum Gasteiger partial charge on any atom is 0.108 e. The van der Waals surface area contributed by atoms with Crippen molar-refractivity contribution in [1.29, 1.82) is 0 Å². The minimum absolute atomic E-state index is 0.407. The van der Waals surface area contributed by atoms with Gasteiger partial charge in [0, 0.05) is 25.9 Å². The van der Waals surface area contributed by atoms with Gasteiger partial charge >= 0.3 is 0 Å². The molecule has 0 spiro atoms. The Labute approximate surface area is 98.1 Å². The quantitative estimate of drug-likeness (QED) is 0.847. The van der Waals surface area contributed by atoms with E-state index in [9.17, 15) is 0 Å². The number of imidazole rings is 1. The van der Waals surface area contributed by atoms with Crippen LogP contribution < -0.4 is 5.73 Å². The van der Waals surface area contributed by atoms with Crippen molar-refractivity contribution in [2.24, 2.45) is 18.2 Å². The standard InChI is InChI=1S/C13H23N3/c1-16-10-9-15-12(16)5-8-13(11-14)6-3-2-4-7-13/h9-10H,2-8,11,14H2,1H3. The van der Waals surface area contributed by atoms with Crippen LogP contribution in [0, 0.1) is 5.41 Å². The van der Waals surface area contributed by atoms with Crippen LogP contribution in [0.2, 0.25) is 0 Å². The van der Waals surface area contributed by atoms with Crippen LogP contribution in [0.4, 0.5) is 0 Å². The average molecular weight is 221 g/mol. The lowest BCUT2D eigenvalue weighted by Crippen LogP contribution is -2.33. The highest BCUT2D eigenvalue weighted by molar-refractivity contribution is 4.94. The summed E-state index contributed by atoms with van der Waals surface area (Å²) >= 11 is 0. The van der Waals surface area contributed by atoms with Gasteiger partial charge in [-0.05, 0) is 31.2 Å². The largest absolute Gasteiger partial charge is 0.338 e. The maximum atomic E-state index is 5.99. The molecule has 0 unspecified atom stereocenters. The van der Waals surface area contributed by atoms with Crippen molar-refractivity contribution in [2.45, 2.75) is 44.9 Å². The zero-order chi connectivity index (χ0) is 11.4. The van der Waals surface area contributed by atoms with E-state index >= 15 is 0 Å². The second-order valence-corrected chi connectivity index (χ2v) is 5.22. The minimum Gasteiger partial charge on any atom is -0.338 e. The average Bonchev–Trinajstić information content (AvgIpc) is 2.74. The molecule has 1 fully saturated rings. The van der Waals surface area contributed by atoms with Gasteiger partial charge in [0.1, 0.15) is 5.82 Å². The molecule has 1 aliphatic rings. The fourth-order valence-electron chi connectivity index (χ4n) is 2.87. The van der Waals surface area contributed by atoms with Crippen molar-refractivity contribution in [2.75, 3.05) is 6.54 Å². The second-order valence-electron chi connectivity index (χ2n) is 5.22. The molecule has 1 aromatic heterocycles. The van der Waals surface area contributed by atoms with Gasteiger partial charge in [0.2, 0.25) is 0 Å². The second kappa shape index (κ2) is 5.00. The first-order chi connectivity index (χ1) is 7.76. The first-order valence-corrected chi connectivity index (χ1v) is 6.42. The molecule has 90 valence electrons. The molecule has 0 aromatic carbocycles. The highest BCUT2D eigenvalue weighted by atomic mass is 15.0. The molecule has 0 aliphatic heterocycles. The predicted molar refractivity (Wildman–Crippen MR) is 66.1 cm³/mol. The highest BCUT2D eigenvalue weighted by Crippen LogP contribution is 2.39. The first kappa shape index (κ1) is 11.6. The fraction of sp³-hybridized carbons (Fsp3) is 0.769. The lowest BCUT2D eigenvalue weighted by molar-refractivity contribution is 0.181. The third-order valence-corrected chi connectivity index (χ3v) is 4.15. The number of rotatable bonds is 4.